The number of hydrogen-bond acceptors (Lipinski definition) is 1. The Labute approximate surface area is 144 Å². The van der Waals surface area contributed by atoms with Gasteiger partial charge < -0.3 is 9.80 Å². The van der Waals surface area contributed by atoms with Crippen LogP contribution in [-0.4, -0.2) is 37.0 Å². The standard InChI is InChI=1S/C21H26N2O/c1-16-8-9-19(14-18(16)3)21(24)23-12-10-22(11-13-23)15-20-7-5-4-6-17(20)2/h4-9,14H,10-13,15H2,1-3H3/p+1. The Kier molecular flexibility index (Phi) is 5.00. The Balaban J connectivity index is 1.59. The van der Waals surface area contributed by atoms with Crippen LogP contribution in [0.25, 0.3) is 0 Å². The fraction of sp³-hybridized carbons (Fsp3) is 0.381. The molecular formula is C21H27N2O+. The molecule has 1 fully saturated rings. The third-order valence-corrected chi connectivity index (χ3v) is 5.21. The maximum Gasteiger partial charge on any atom is 0.254 e. The lowest BCUT2D eigenvalue weighted by atomic mass is 10.1. The van der Waals surface area contributed by atoms with Crippen molar-refractivity contribution in [2.24, 2.45) is 0 Å². The zero-order valence-corrected chi connectivity index (χ0v) is 14.9. The third-order valence-electron chi connectivity index (χ3n) is 5.21. The molecule has 1 aliphatic heterocycles. The highest BCUT2D eigenvalue weighted by molar-refractivity contribution is 5.94. The van der Waals surface area contributed by atoms with Crippen LogP contribution >= 0.6 is 0 Å². The van der Waals surface area contributed by atoms with Crippen molar-refractivity contribution in [1.29, 1.82) is 0 Å². The number of piperazine rings is 1. The zero-order valence-electron chi connectivity index (χ0n) is 14.9. The molecule has 1 aliphatic rings. The van der Waals surface area contributed by atoms with E-state index in [1.807, 2.05) is 23.1 Å². The van der Waals surface area contributed by atoms with E-state index in [2.05, 4.69) is 45.0 Å². The molecule has 2 aromatic carbocycles. The SMILES string of the molecule is Cc1ccc(C(=O)N2CC[NH+](Cc3ccccc3C)CC2)cc1C. The van der Waals surface area contributed by atoms with Crippen molar-refractivity contribution in [3.8, 4) is 0 Å². The number of amides is 1. The molecule has 3 rings (SSSR count). The fourth-order valence-corrected chi connectivity index (χ4v) is 3.34. The first-order valence-corrected chi connectivity index (χ1v) is 8.79. The summed E-state index contributed by atoms with van der Waals surface area (Å²) in [6.07, 6.45) is 0. The zero-order chi connectivity index (χ0) is 17.1. The summed E-state index contributed by atoms with van der Waals surface area (Å²) < 4.78 is 0. The molecule has 0 spiro atoms. The van der Waals surface area contributed by atoms with Crippen molar-refractivity contribution in [2.75, 3.05) is 26.2 Å². The van der Waals surface area contributed by atoms with E-state index in [4.69, 9.17) is 0 Å². The summed E-state index contributed by atoms with van der Waals surface area (Å²) in [6.45, 7) is 11.1. The van der Waals surface area contributed by atoms with Gasteiger partial charge in [0.05, 0.1) is 26.2 Å². The number of benzene rings is 2. The summed E-state index contributed by atoms with van der Waals surface area (Å²) in [4.78, 5) is 16.3. The smallest absolute Gasteiger partial charge is 0.254 e. The lowest BCUT2D eigenvalue weighted by Gasteiger charge is -2.32. The number of carbonyl (C=O) groups excluding carboxylic acids is 1. The lowest BCUT2D eigenvalue weighted by Crippen LogP contribution is -3.13. The molecule has 0 bridgehead atoms. The molecule has 3 heteroatoms. The number of quaternary nitrogens is 1. The van der Waals surface area contributed by atoms with Crippen LogP contribution in [0.5, 0.6) is 0 Å². The Bertz CT molecular complexity index is 730. The Morgan fingerprint density at radius 2 is 1.67 bits per heavy atom. The molecule has 1 saturated heterocycles. The largest absolute Gasteiger partial charge is 0.328 e. The summed E-state index contributed by atoms with van der Waals surface area (Å²) in [5.41, 5.74) is 6.02. The van der Waals surface area contributed by atoms with Gasteiger partial charge >= 0.3 is 0 Å². The van der Waals surface area contributed by atoms with E-state index in [1.165, 1.54) is 22.3 Å². The summed E-state index contributed by atoms with van der Waals surface area (Å²) in [5.74, 6) is 0.174. The minimum absolute atomic E-state index is 0.174. The predicted molar refractivity (Wildman–Crippen MR) is 97.4 cm³/mol. The van der Waals surface area contributed by atoms with Crippen LogP contribution in [0.3, 0.4) is 0 Å². The molecule has 0 aromatic heterocycles. The van der Waals surface area contributed by atoms with Crippen molar-refractivity contribution in [3.05, 3.63) is 70.3 Å². The fourth-order valence-electron chi connectivity index (χ4n) is 3.34. The number of carbonyl (C=O) groups is 1. The number of aryl methyl sites for hydroxylation is 3. The van der Waals surface area contributed by atoms with Crippen molar-refractivity contribution in [1.82, 2.24) is 4.90 Å². The monoisotopic (exact) mass is 323 g/mol. The van der Waals surface area contributed by atoms with E-state index in [9.17, 15) is 4.79 Å². The van der Waals surface area contributed by atoms with Gasteiger partial charge in [0.25, 0.3) is 5.91 Å². The van der Waals surface area contributed by atoms with Crippen LogP contribution in [0.2, 0.25) is 0 Å². The van der Waals surface area contributed by atoms with Gasteiger partial charge in [-0.3, -0.25) is 4.79 Å². The highest BCUT2D eigenvalue weighted by atomic mass is 16.2. The molecule has 2 aromatic rings. The van der Waals surface area contributed by atoms with Crippen LogP contribution in [0.4, 0.5) is 0 Å². The summed E-state index contributed by atoms with van der Waals surface area (Å²) >= 11 is 0. The van der Waals surface area contributed by atoms with Gasteiger partial charge in [-0.2, -0.15) is 0 Å². The topological polar surface area (TPSA) is 24.8 Å². The summed E-state index contributed by atoms with van der Waals surface area (Å²) in [5, 5.41) is 0. The molecule has 0 aliphatic carbocycles. The molecule has 126 valence electrons. The number of rotatable bonds is 3. The van der Waals surface area contributed by atoms with E-state index in [1.54, 1.807) is 4.90 Å². The maximum atomic E-state index is 12.7. The first kappa shape index (κ1) is 16.7. The van der Waals surface area contributed by atoms with Crippen LogP contribution in [0.1, 0.15) is 32.6 Å². The van der Waals surface area contributed by atoms with Gasteiger partial charge in [0, 0.05) is 11.1 Å². The van der Waals surface area contributed by atoms with Gasteiger partial charge in [0.15, 0.2) is 0 Å². The van der Waals surface area contributed by atoms with Crippen molar-refractivity contribution < 1.29 is 9.69 Å². The van der Waals surface area contributed by atoms with Gasteiger partial charge in [-0.1, -0.05) is 30.3 Å². The molecule has 1 heterocycles. The van der Waals surface area contributed by atoms with E-state index in [0.717, 1.165) is 38.3 Å². The van der Waals surface area contributed by atoms with E-state index >= 15 is 0 Å². The first-order chi connectivity index (χ1) is 11.5. The Morgan fingerprint density at radius 1 is 0.958 bits per heavy atom. The normalized spacial score (nSPS) is 15.5. The van der Waals surface area contributed by atoms with Gasteiger partial charge in [0.1, 0.15) is 6.54 Å². The first-order valence-electron chi connectivity index (χ1n) is 8.79. The number of hydrogen-bond donors (Lipinski definition) is 1. The van der Waals surface area contributed by atoms with E-state index < -0.39 is 0 Å². The van der Waals surface area contributed by atoms with Gasteiger partial charge in [-0.15, -0.1) is 0 Å². The van der Waals surface area contributed by atoms with Crippen molar-refractivity contribution in [3.63, 3.8) is 0 Å². The molecule has 1 amide bonds. The predicted octanol–water partition coefficient (Wildman–Crippen LogP) is 2.15. The molecule has 0 saturated carbocycles. The van der Waals surface area contributed by atoms with Gasteiger partial charge in [-0.05, 0) is 49.6 Å². The molecule has 24 heavy (non-hydrogen) atoms. The lowest BCUT2D eigenvalue weighted by molar-refractivity contribution is -0.917. The Hall–Kier alpha value is -2.13. The van der Waals surface area contributed by atoms with Crippen LogP contribution in [0, 0.1) is 20.8 Å². The molecule has 0 atom stereocenters. The van der Waals surface area contributed by atoms with Crippen LogP contribution in [-0.2, 0) is 6.54 Å². The number of nitrogens with one attached hydrogen (secondary N) is 1. The molecular weight excluding hydrogens is 296 g/mol. The average Bonchev–Trinajstić information content (AvgIpc) is 2.59. The average molecular weight is 323 g/mol. The highest BCUT2D eigenvalue weighted by Crippen LogP contribution is 2.12. The third kappa shape index (κ3) is 3.68. The Morgan fingerprint density at radius 3 is 2.33 bits per heavy atom. The van der Waals surface area contributed by atoms with Crippen LogP contribution < -0.4 is 4.90 Å². The highest BCUT2D eigenvalue weighted by Gasteiger charge is 2.25. The second-order valence-corrected chi connectivity index (χ2v) is 6.94. The quantitative estimate of drug-likeness (QED) is 0.920. The van der Waals surface area contributed by atoms with Crippen molar-refractivity contribution in [2.45, 2.75) is 27.3 Å². The summed E-state index contributed by atoms with van der Waals surface area (Å²) in [7, 11) is 0. The van der Waals surface area contributed by atoms with Gasteiger partial charge in [-0.25, -0.2) is 0 Å². The van der Waals surface area contributed by atoms with E-state index in [0.29, 0.717) is 0 Å². The van der Waals surface area contributed by atoms with E-state index in [-0.39, 0.29) is 5.91 Å². The molecule has 1 N–H and O–H groups in total. The molecule has 3 nitrogen and oxygen atoms in total. The second-order valence-electron chi connectivity index (χ2n) is 6.94. The molecule has 0 radical (unpaired) electrons. The summed E-state index contributed by atoms with van der Waals surface area (Å²) in [6, 6.07) is 14.6. The minimum Gasteiger partial charge on any atom is -0.328 e. The van der Waals surface area contributed by atoms with Crippen LogP contribution in [0.15, 0.2) is 42.5 Å². The second kappa shape index (κ2) is 7.18. The minimum atomic E-state index is 0.174. The number of nitrogens with zero attached hydrogens (tertiary/aromatic N) is 1. The maximum absolute atomic E-state index is 12.7. The van der Waals surface area contributed by atoms with Crippen molar-refractivity contribution >= 4 is 5.91 Å². The van der Waals surface area contributed by atoms with Gasteiger partial charge in [0.2, 0.25) is 0 Å². The molecule has 0 unspecified atom stereocenters.